The average molecular weight is 843 g/mol. The molecular weight excluding hydrogens is 805 g/mol. The van der Waals surface area contributed by atoms with Gasteiger partial charge in [0.25, 0.3) is 0 Å². The first-order valence-corrected chi connectivity index (χ1v) is 22.5. The summed E-state index contributed by atoms with van der Waals surface area (Å²) in [6.07, 6.45) is 0. The van der Waals surface area contributed by atoms with Crippen LogP contribution in [0.15, 0.2) is 235 Å². The molecule has 0 fully saturated rings. The van der Waals surface area contributed by atoms with Crippen molar-refractivity contribution in [1.29, 1.82) is 0 Å². The van der Waals surface area contributed by atoms with Gasteiger partial charge in [-0.25, -0.2) is 9.50 Å². The van der Waals surface area contributed by atoms with E-state index < -0.39 is 5.41 Å². The monoisotopic (exact) mass is 842 g/mol. The van der Waals surface area contributed by atoms with Crippen LogP contribution in [0, 0.1) is 0 Å². The minimum Gasteiger partial charge on any atom is -0.455 e. The summed E-state index contributed by atoms with van der Waals surface area (Å²) in [5.74, 6) is 0.929. The third-order valence-corrected chi connectivity index (χ3v) is 13.9. The summed E-state index contributed by atoms with van der Waals surface area (Å²) >= 11 is 0. The molecule has 0 amide bonds. The molecule has 1 aliphatic carbocycles. The van der Waals surface area contributed by atoms with Gasteiger partial charge in [0.15, 0.2) is 0 Å². The SMILES string of the molecule is c1ccc(C2(c3ccccc3)c3ccccc3-c3ccc(N(c4ccc(-c5nc6ccccc6c6c5ccc5c7ccccc7oc56)cc4)c4cccc5c6ccccc6nn45)cc32)cc1. The number of hydrogen-bond donors (Lipinski definition) is 0. The predicted molar refractivity (Wildman–Crippen MR) is 270 cm³/mol. The smallest absolute Gasteiger partial charge is 0.144 e. The molecular formula is C61H38N4O. The number of rotatable bonds is 6. The fourth-order valence-corrected chi connectivity index (χ4v) is 11.0. The molecule has 4 aromatic heterocycles. The number of hydrogen-bond acceptors (Lipinski definition) is 4. The summed E-state index contributed by atoms with van der Waals surface area (Å²) < 4.78 is 8.75. The molecule has 0 saturated carbocycles. The first kappa shape index (κ1) is 36.7. The Hall–Kier alpha value is -8.80. The summed E-state index contributed by atoms with van der Waals surface area (Å²) in [4.78, 5) is 7.71. The lowest BCUT2D eigenvalue weighted by Crippen LogP contribution is -2.28. The Balaban J connectivity index is 1.00. The Morgan fingerprint density at radius 2 is 1.08 bits per heavy atom. The first-order chi connectivity index (χ1) is 32.7. The molecule has 14 rings (SSSR count). The summed E-state index contributed by atoms with van der Waals surface area (Å²) in [5.41, 5.74) is 15.5. The highest BCUT2D eigenvalue weighted by Gasteiger charge is 2.46. The molecule has 0 saturated heterocycles. The highest BCUT2D eigenvalue weighted by molar-refractivity contribution is 6.24. The molecule has 0 bridgehead atoms. The summed E-state index contributed by atoms with van der Waals surface area (Å²) in [6, 6.07) is 82.7. The van der Waals surface area contributed by atoms with Gasteiger partial charge < -0.3 is 4.42 Å². The second-order valence-corrected chi connectivity index (χ2v) is 17.3. The number of nitrogens with zero attached hydrogens (tertiary/aromatic N) is 4. The van der Waals surface area contributed by atoms with Crippen LogP contribution >= 0.6 is 0 Å². The van der Waals surface area contributed by atoms with Gasteiger partial charge in [0, 0.05) is 49.3 Å². The van der Waals surface area contributed by atoms with E-state index in [9.17, 15) is 0 Å². The van der Waals surface area contributed by atoms with Crippen LogP contribution in [0.1, 0.15) is 22.3 Å². The number of furan rings is 1. The van der Waals surface area contributed by atoms with Gasteiger partial charge in [-0.2, -0.15) is 5.10 Å². The van der Waals surface area contributed by atoms with Crippen LogP contribution in [0.4, 0.5) is 17.2 Å². The maximum atomic E-state index is 6.65. The second kappa shape index (κ2) is 14.1. The summed E-state index contributed by atoms with van der Waals surface area (Å²) in [6.45, 7) is 0. The molecule has 66 heavy (non-hydrogen) atoms. The van der Waals surface area contributed by atoms with Crippen molar-refractivity contribution in [3.63, 3.8) is 0 Å². The van der Waals surface area contributed by atoms with Crippen molar-refractivity contribution >= 4 is 77.2 Å². The molecule has 0 unspecified atom stereocenters. The molecule has 0 spiro atoms. The van der Waals surface area contributed by atoms with Crippen LogP contribution in [0.2, 0.25) is 0 Å². The van der Waals surface area contributed by atoms with Crippen LogP contribution in [0.5, 0.6) is 0 Å². The lowest BCUT2D eigenvalue weighted by Gasteiger charge is -2.35. The van der Waals surface area contributed by atoms with Gasteiger partial charge in [-0.15, -0.1) is 0 Å². The third kappa shape index (κ3) is 5.16. The Kier molecular flexibility index (Phi) is 7.83. The zero-order valence-corrected chi connectivity index (χ0v) is 35.6. The fraction of sp³-hybridized carbons (Fsp3) is 0.0164. The number of benzene rings is 9. The minimum atomic E-state index is -0.555. The lowest BCUT2D eigenvalue weighted by atomic mass is 9.67. The van der Waals surface area contributed by atoms with Crippen LogP contribution in [0.25, 0.3) is 82.4 Å². The van der Waals surface area contributed by atoms with Crippen LogP contribution in [0.3, 0.4) is 0 Å². The Bertz CT molecular complexity index is 4020. The lowest BCUT2D eigenvalue weighted by molar-refractivity contribution is 0.673. The van der Waals surface area contributed by atoms with Crippen LogP contribution in [-0.4, -0.2) is 14.6 Å². The molecule has 0 N–H and O–H groups in total. The number of aromatic nitrogens is 3. The molecule has 0 radical (unpaired) electrons. The van der Waals surface area contributed by atoms with Crippen LogP contribution in [-0.2, 0) is 5.41 Å². The maximum absolute atomic E-state index is 6.65. The number of pyridine rings is 2. The molecule has 308 valence electrons. The highest BCUT2D eigenvalue weighted by Crippen LogP contribution is 2.57. The zero-order valence-electron chi connectivity index (χ0n) is 35.6. The van der Waals surface area contributed by atoms with E-state index in [0.717, 1.165) is 88.5 Å². The van der Waals surface area contributed by atoms with E-state index in [-0.39, 0.29) is 0 Å². The normalized spacial score (nSPS) is 13.0. The topological polar surface area (TPSA) is 46.6 Å². The van der Waals surface area contributed by atoms with E-state index in [1.54, 1.807) is 0 Å². The third-order valence-electron chi connectivity index (χ3n) is 13.9. The van der Waals surface area contributed by atoms with Crippen molar-refractivity contribution in [2.45, 2.75) is 5.41 Å². The first-order valence-electron chi connectivity index (χ1n) is 22.5. The van der Waals surface area contributed by atoms with Gasteiger partial charge in [0.1, 0.15) is 17.0 Å². The van der Waals surface area contributed by atoms with Gasteiger partial charge in [-0.1, -0.05) is 170 Å². The van der Waals surface area contributed by atoms with Crippen molar-refractivity contribution in [3.8, 4) is 22.4 Å². The van der Waals surface area contributed by atoms with Gasteiger partial charge in [-0.3, -0.25) is 4.90 Å². The van der Waals surface area contributed by atoms with E-state index in [1.807, 2.05) is 12.1 Å². The van der Waals surface area contributed by atoms with Crippen molar-refractivity contribution < 1.29 is 4.42 Å². The van der Waals surface area contributed by atoms with Crippen molar-refractivity contribution in [3.05, 3.63) is 253 Å². The Labute approximate surface area is 380 Å². The molecule has 0 aliphatic heterocycles. The quantitative estimate of drug-likeness (QED) is 0.156. The zero-order chi connectivity index (χ0) is 43.3. The largest absolute Gasteiger partial charge is 0.455 e. The van der Waals surface area contributed by atoms with Gasteiger partial charge in [0.2, 0.25) is 0 Å². The summed E-state index contributed by atoms with van der Waals surface area (Å²) in [7, 11) is 0. The van der Waals surface area contributed by atoms with E-state index in [1.165, 1.54) is 33.4 Å². The summed E-state index contributed by atoms with van der Waals surface area (Å²) in [5, 5.41) is 11.8. The molecule has 5 heteroatoms. The predicted octanol–water partition coefficient (Wildman–Crippen LogP) is 15.6. The molecule has 4 heterocycles. The minimum absolute atomic E-state index is 0.555. The van der Waals surface area contributed by atoms with Gasteiger partial charge in [0.05, 0.1) is 27.7 Å². The standard InChI is InChI=1S/C61H38N4O/c1-3-16-40(17-4-1)61(41-18-5-2-6-19-41)51-24-11-7-20-44(51)45-35-34-43(38-52(45)61)64(57-29-15-27-55-48-22-8-13-26-54(48)63-65(55)57)42-32-30-39(31-33-42)59-50-37-36-47-46-21-10-14-28-56(46)66-60(47)58(50)49-23-9-12-25-53(49)62-59/h1-38H. The Morgan fingerprint density at radius 1 is 0.439 bits per heavy atom. The number of para-hydroxylation sites is 2. The molecule has 5 nitrogen and oxygen atoms in total. The van der Waals surface area contributed by atoms with E-state index in [4.69, 9.17) is 14.5 Å². The maximum Gasteiger partial charge on any atom is 0.144 e. The van der Waals surface area contributed by atoms with E-state index in [0.29, 0.717) is 0 Å². The molecule has 9 aromatic carbocycles. The van der Waals surface area contributed by atoms with Crippen molar-refractivity contribution in [2.75, 3.05) is 4.90 Å². The number of anilines is 3. The molecule has 13 aromatic rings. The van der Waals surface area contributed by atoms with Gasteiger partial charge >= 0.3 is 0 Å². The fourth-order valence-electron chi connectivity index (χ4n) is 11.0. The van der Waals surface area contributed by atoms with E-state index in [2.05, 4.69) is 228 Å². The number of fused-ring (bicyclic) bond motifs is 13. The van der Waals surface area contributed by atoms with Crippen LogP contribution < -0.4 is 4.90 Å². The van der Waals surface area contributed by atoms with E-state index >= 15 is 0 Å². The van der Waals surface area contributed by atoms with Crippen molar-refractivity contribution in [1.82, 2.24) is 14.6 Å². The molecule has 0 atom stereocenters. The molecule has 1 aliphatic rings. The van der Waals surface area contributed by atoms with Crippen molar-refractivity contribution in [2.24, 2.45) is 0 Å². The highest BCUT2D eigenvalue weighted by atomic mass is 16.3. The Morgan fingerprint density at radius 3 is 1.88 bits per heavy atom. The van der Waals surface area contributed by atoms with Gasteiger partial charge in [-0.05, 0) is 94.0 Å². The second-order valence-electron chi connectivity index (χ2n) is 17.3. The average Bonchev–Trinajstić information content (AvgIpc) is 4.06.